The second-order valence-corrected chi connectivity index (χ2v) is 2.73. The highest BCUT2D eigenvalue weighted by atomic mass is 16.6. The molecule has 1 aliphatic carbocycles. The second-order valence-electron chi connectivity index (χ2n) is 2.73. The fourth-order valence-electron chi connectivity index (χ4n) is 1.29. The summed E-state index contributed by atoms with van der Waals surface area (Å²) in [6, 6.07) is 0. The first-order valence-corrected chi connectivity index (χ1v) is 3.43. The van der Waals surface area contributed by atoms with Crippen molar-refractivity contribution in [1.29, 1.82) is 0 Å². The van der Waals surface area contributed by atoms with Crippen LogP contribution < -0.4 is 0 Å². The van der Waals surface area contributed by atoms with E-state index < -0.39 is 12.2 Å². The highest BCUT2D eigenvalue weighted by Gasteiger charge is 2.52. The molecule has 0 aromatic heterocycles. The molecule has 2 N–H and O–H groups in total. The van der Waals surface area contributed by atoms with Gasteiger partial charge in [0, 0.05) is 5.57 Å². The van der Waals surface area contributed by atoms with Crippen LogP contribution in [0.2, 0.25) is 0 Å². The molecule has 0 bridgehead atoms. The van der Waals surface area contributed by atoms with E-state index >= 15 is 0 Å². The van der Waals surface area contributed by atoms with Crippen LogP contribution in [-0.4, -0.2) is 40.9 Å². The minimum Gasteiger partial charge on any atom is -0.392 e. The zero-order valence-corrected chi connectivity index (χ0v) is 5.73. The van der Waals surface area contributed by atoms with Gasteiger partial charge in [-0.15, -0.1) is 0 Å². The summed E-state index contributed by atoms with van der Waals surface area (Å²) in [5.74, 6) is -0.192. The van der Waals surface area contributed by atoms with Gasteiger partial charge < -0.3 is 14.9 Å². The molecule has 1 saturated heterocycles. The number of ketones is 1. The number of fused-ring (bicyclic) bond motifs is 1. The van der Waals surface area contributed by atoms with E-state index in [9.17, 15) is 9.90 Å². The number of aliphatic hydroxyl groups excluding tert-OH is 2. The molecule has 2 aliphatic rings. The van der Waals surface area contributed by atoms with Crippen molar-refractivity contribution in [2.45, 2.75) is 18.3 Å². The number of hydrogen-bond donors (Lipinski definition) is 2. The van der Waals surface area contributed by atoms with E-state index in [4.69, 9.17) is 9.84 Å². The Balaban J connectivity index is 2.25. The van der Waals surface area contributed by atoms with Gasteiger partial charge in [0.15, 0.2) is 5.78 Å². The lowest BCUT2D eigenvalue weighted by molar-refractivity contribution is -0.117. The minimum absolute atomic E-state index is 0.192. The Morgan fingerprint density at radius 2 is 2.36 bits per heavy atom. The molecule has 0 amide bonds. The average molecular weight is 156 g/mol. The Morgan fingerprint density at radius 3 is 3.00 bits per heavy atom. The summed E-state index contributed by atoms with van der Waals surface area (Å²) in [7, 11) is 0. The maximum atomic E-state index is 11.1. The molecule has 11 heavy (non-hydrogen) atoms. The van der Waals surface area contributed by atoms with E-state index in [-0.39, 0.29) is 24.1 Å². The Bertz CT molecular complexity index is 233. The second kappa shape index (κ2) is 2.14. The topological polar surface area (TPSA) is 70.1 Å². The van der Waals surface area contributed by atoms with Gasteiger partial charge in [-0.1, -0.05) is 0 Å². The van der Waals surface area contributed by atoms with Crippen molar-refractivity contribution in [3.63, 3.8) is 0 Å². The average Bonchev–Trinajstić information content (AvgIpc) is 2.75. The lowest BCUT2D eigenvalue weighted by Crippen LogP contribution is -2.27. The molecule has 60 valence electrons. The standard InChI is InChI=1S/C7H8O4/c8-2-3-1-4(9)6-7(11-6)5(3)10/h1,4,6-9H,2H2/t4-,6+,7-/m1/s1. The van der Waals surface area contributed by atoms with E-state index in [1.165, 1.54) is 6.08 Å². The fraction of sp³-hybridized carbons (Fsp3) is 0.571. The Hall–Kier alpha value is -0.710. The number of carbonyl (C=O) groups excluding carboxylic acids is 1. The SMILES string of the molecule is O=C1C(CO)=C[C@@H](O)[C@@H]2O[C@H]12. The molecule has 4 heteroatoms. The van der Waals surface area contributed by atoms with Crippen LogP contribution >= 0.6 is 0 Å². The zero-order chi connectivity index (χ0) is 8.01. The van der Waals surface area contributed by atoms with Gasteiger partial charge in [0.05, 0.1) is 6.61 Å². The largest absolute Gasteiger partial charge is 0.392 e. The van der Waals surface area contributed by atoms with Crippen molar-refractivity contribution in [1.82, 2.24) is 0 Å². The monoisotopic (exact) mass is 156 g/mol. The molecule has 1 aliphatic heterocycles. The van der Waals surface area contributed by atoms with Gasteiger partial charge in [0.25, 0.3) is 0 Å². The van der Waals surface area contributed by atoms with Crippen molar-refractivity contribution < 1.29 is 19.7 Å². The molecule has 4 nitrogen and oxygen atoms in total. The molecular weight excluding hydrogens is 148 g/mol. The highest BCUT2D eigenvalue weighted by molar-refractivity contribution is 6.02. The van der Waals surface area contributed by atoms with Gasteiger partial charge in [-0.2, -0.15) is 0 Å². The third-order valence-corrected chi connectivity index (χ3v) is 1.98. The zero-order valence-electron chi connectivity index (χ0n) is 5.73. The molecular formula is C7H8O4. The van der Waals surface area contributed by atoms with Crippen molar-refractivity contribution in [2.75, 3.05) is 6.61 Å². The molecule has 0 unspecified atom stereocenters. The van der Waals surface area contributed by atoms with E-state index in [1.807, 2.05) is 0 Å². The Kier molecular flexibility index (Phi) is 1.35. The van der Waals surface area contributed by atoms with Crippen molar-refractivity contribution >= 4 is 5.78 Å². The highest BCUT2D eigenvalue weighted by Crippen LogP contribution is 2.33. The van der Waals surface area contributed by atoms with Gasteiger partial charge >= 0.3 is 0 Å². The van der Waals surface area contributed by atoms with Crippen molar-refractivity contribution in [3.05, 3.63) is 11.6 Å². The number of epoxide rings is 1. The number of hydrogen-bond acceptors (Lipinski definition) is 4. The molecule has 2 rings (SSSR count). The molecule has 1 fully saturated rings. The van der Waals surface area contributed by atoms with E-state index in [2.05, 4.69) is 0 Å². The van der Waals surface area contributed by atoms with E-state index in [1.54, 1.807) is 0 Å². The number of Topliss-reactive ketones (excluding diaryl/α,β-unsaturated/α-hetero) is 1. The first-order chi connectivity index (χ1) is 5.24. The predicted octanol–water partition coefficient (Wildman–Crippen LogP) is -1.38. The van der Waals surface area contributed by atoms with Crippen LogP contribution in [0.15, 0.2) is 11.6 Å². The minimum atomic E-state index is -0.722. The molecule has 0 saturated carbocycles. The molecule has 0 aromatic carbocycles. The third-order valence-electron chi connectivity index (χ3n) is 1.98. The van der Waals surface area contributed by atoms with Crippen LogP contribution in [0.25, 0.3) is 0 Å². The Morgan fingerprint density at radius 1 is 1.64 bits per heavy atom. The molecule has 0 aromatic rings. The van der Waals surface area contributed by atoms with Gasteiger partial charge in [-0.25, -0.2) is 0 Å². The first-order valence-electron chi connectivity index (χ1n) is 3.43. The smallest absolute Gasteiger partial charge is 0.192 e. The fourth-order valence-corrected chi connectivity index (χ4v) is 1.29. The predicted molar refractivity (Wildman–Crippen MR) is 34.8 cm³/mol. The van der Waals surface area contributed by atoms with Crippen LogP contribution in [0.1, 0.15) is 0 Å². The summed E-state index contributed by atoms with van der Waals surface area (Å²) >= 11 is 0. The van der Waals surface area contributed by atoms with Gasteiger partial charge in [0.2, 0.25) is 0 Å². The summed E-state index contributed by atoms with van der Waals surface area (Å²) in [5.41, 5.74) is 0.260. The number of aliphatic hydroxyl groups is 2. The van der Waals surface area contributed by atoms with Crippen LogP contribution in [0.5, 0.6) is 0 Å². The summed E-state index contributed by atoms with van der Waals surface area (Å²) < 4.78 is 4.87. The summed E-state index contributed by atoms with van der Waals surface area (Å²) in [6.45, 7) is -0.317. The van der Waals surface area contributed by atoms with Crippen LogP contribution in [0.3, 0.4) is 0 Å². The Labute approximate surface area is 63.1 Å². The maximum Gasteiger partial charge on any atom is 0.192 e. The number of carbonyl (C=O) groups is 1. The van der Waals surface area contributed by atoms with Crippen LogP contribution in [0.4, 0.5) is 0 Å². The maximum absolute atomic E-state index is 11.1. The molecule has 3 atom stereocenters. The van der Waals surface area contributed by atoms with Gasteiger partial charge in [0.1, 0.15) is 18.3 Å². The summed E-state index contributed by atoms with van der Waals surface area (Å²) in [4.78, 5) is 11.1. The quantitative estimate of drug-likeness (QED) is 0.459. The molecule has 1 heterocycles. The molecule has 0 radical (unpaired) electrons. The number of ether oxygens (including phenoxy) is 1. The van der Waals surface area contributed by atoms with Crippen LogP contribution in [-0.2, 0) is 9.53 Å². The lowest BCUT2D eigenvalue weighted by Gasteiger charge is -2.09. The van der Waals surface area contributed by atoms with Gasteiger partial charge in [-0.05, 0) is 6.08 Å². The van der Waals surface area contributed by atoms with Crippen molar-refractivity contribution in [2.24, 2.45) is 0 Å². The first kappa shape index (κ1) is 6.97. The van der Waals surface area contributed by atoms with E-state index in [0.29, 0.717) is 0 Å². The van der Waals surface area contributed by atoms with E-state index in [0.717, 1.165) is 0 Å². The van der Waals surface area contributed by atoms with Crippen LogP contribution in [0, 0.1) is 0 Å². The third kappa shape index (κ3) is 0.910. The van der Waals surface area contributed by atoms with Gasteiger partial charge in [-0.3, -0.25) is 4.79 Å². The van der Waals surface area contributed by atoms with Crippen molar-refractivity contribution in [3.8, 4) is 0 Å². The lowest BCUT2D eigenvalue weighted by atomic mass is 9.97. The number of rotatable bonds is 1. The molecule has 0 spiro atoms. The normalized spacial score (nSPS) is 41.5. The summed E-state index contributed by atoms with van der Waals surface area (Å²) in [6.07, 6.45) is -0.203. The summed E-state index contributed by atoms with van der Waals surface area (Å²) in [5, 5.41) is 17.8.